The molecule has 0 bridgehead atoms. The van der Waals surface area contributed by atoms with Crippen LogP contribution in [-0.4, -0.2) is 58.0 Å². The second kappa shape index (κ2) is 14.8. The van der Waals surface area contributed by atoms with E-state index in [4.69, 9.17) is 9.47 Å². The number of rotatable bonds is 12. The average molecular weight is 636 g/mol. The van der Waals surface area contributed by atoms with Gasteiger partial charge in [0.05, 0.1) is 24.8 Å². The van der Waals surface area contributed by atoms with Crippen LogP contribution < -0.4 is 19.1 Å². The molecule has 9 nitrogen and oxygen atoms in total. The summed E-state index contributed by atoms with van der Waals surface area (Å²) in [6.07, 6.45) is 5.10. The lowest BCUT2D eigenvalue weighted by Gasteiger charge is -2.33. The van der Waals surface area contributed by atoms with Crippen molar-refractivity contribution in [3.05, 3.63) is 82.9 Å². The van der Waals surface area contributed by atoms with Crippen LogP contribution in [0.1, 0.15) is 61.3 Å². The average Bonchev–Trinajstić information content (AvgIpc) is 3.01. The number of carbonyl (C=O) groups is 2. The lowest BCUT2D eigenvalue weighted by Crippen LogP contribution is -2.53. The van der Waals surface area contributed by atoms with E-state index in [-0.39, 0.29) is 29.1 Å². The molecule has 2 amide bonds. The van der Waals surface area contributed by atoms with E-state index < -0.39 is 28.5 Å². The minimum absolute atomic E-state index is 0.0552. The third kappa shape index (κ3) is 8.36. The summed E-state index contributed by atoms with van der Waals surface area (Å²) in [6.45, 7) is 7.06. The van der Waals surface area contributed by atoms with E-state index >= 15 is 0 Å². The Morgan fingerprint density at radius 1 is 0.867 bits per heavy atom. The highest BCUT2D eigenvalue weighted by Crippen LogP contribution is 2.33. The van der Waals surface area contributed by atoms with Crippen LogP contribution in [0.15, 0.2) is 65.6 Å². The number of amides is 2. The van der Waals surface area contributed by atoms with Gasteiger partial charge >= 0.3 is 0 Å². The Morgan fingerprint density at radius 3 is 2.16 bits per heavy atom. The largest absolute Gasteiger partial charge is 0.493 e. The third-order valence-corrected chi connectivity index (χ3v) is 10.0. The first-order chi connectivity index (χ1) is 21.4. The molecule has 0 aromatic heterocycles. The minimum Gasteiger partial charge on any atom is -0.493 e. The van der Waals surface area contributed by atoms with E-state index in [0.717, 1.165) is 58.7 Å². The molecule has 3 aromatic carbocycles. The Bertz CT molecular complexity index is 1600. The maximum atomic E-state index is 14.3. The van der Waals surface area contributed by atoms with E-state index in [0.29, 0.717) is 11.4 Å². The monoisotopic (exact) mass is 635 g/mol. The highest BCUT2D eigenvalue weighted by molar-refractivity contribution is 7.92. The topological polar surface area (TPSA) is 105 Å². The molecule has 45 heavy (non-hydrogen) atoms. The number of carbonyl (C=O) groups excluding carboxylic acids is 2. The van der Waals surface area contributed by atoms with Gasteiger partial charge in [0.25, 0.3) is 10.0 Å². The van der Waals surface area contributed by atoms with Crippen LogP contribution in [0.3, 0.4) is 0 Å². The molecule has 0 aliphatic heterocycles. The van der Waals surface area contributed by atoms with Crippen LogP contribution in [-0.2, 0) is 26.2 Å². The molecule has 0 heterocycles. The Hall–Kier alpha value is -4.05. The van der Waals surface area contributed by atoms with Crippen molar-refractivity contribution >= 4 is 27.5 Å². The first-order valence-electron chi connectivity index (χ1n) is 15.4. The van der Waals surface area contributed by atoms with Gasteiger partial charge in [-0.05, 0) is 81.5 Å². The first kappa shape index (κ1) is 33.8. The number of aryl methyl sites for hydroxylation is 3. The molecular formula is C35H45N3O6S. The molecule has 0 spiro atoms. The lowest BCUT2D eigenvalue weighted by atomic mass is 9.95. The molecule has 242 valence electrons. The summed E-state index contributed by atoms with van der Waals surface area (Å²) in [5, 5.41) is 3.14. The molecule has 1 saturated carbocycles. The van der Waals surface area contributed by atoms with Gasteiger partial charge in [-0.25, -0.2) is 8.42 Å². The van der Waals surface area contributed by atoms with Crippen molar-refractivity contribution in [1.82, 2.24) is 10.2 Å². The zero-order valence-corrected chi connectivity index (χ0v) is 27.9. The molecule has 0 unspecified atom stereocenters. The highest BCUT2D eigenvalue weighted by atomic mass is 32.2. The molecule has 1 fully saturated rings. The van der Waals surface area contributed by atoms with Crippen molar-refractivity contribution < 1.29 is 27.5 Å². The maximum absolute atomic E-state index is 14.3. The van der Waals surface area contributed by atoms with Crippen LogP contribution in [0.2, 0.25) is 0 Å². The molecule has 0 saturated heterocycles. The Kier molecular flexibility index (Phi) is 11.1. The van der Waals surface area contributed by atoms with Gasteiger partial charge in [-0.2, -0.15) is 0 Å². The van der Waals surface area contributed by atoms with Gasteiger partial charge in [0, 0.05) is 18.7 Å². The van der Waals surface area contributed by atoms with Crippen molar-refractivity contribution in [2.75, 3.05) is 25.1 Å². The molecule has 1 aliphatic carbocycles. The molecule has 1 N–H and O–H groups in total. The highest BCUT2D eigenvalue weighted by Gasteiger charge is 2.34. The van der Waals surface area contributed by atoms with Crippen LogP contribution in [0.4, 0.5) is 5.69 Å². The van der Waals surface area contributed by atoms with Gasteiger partial charge in [0.15, 0.2) is 11.5 Å². The lowest BCUT2D eigenvalue weighted by molar-refractivity contribution is -0.139. The van der Waals surface area contributed by atoms with Gasteiger partial charge in [-0.1, -0.05) is 55.2 Å². The quantitative estimate of drug-likeness (QED) is 0.274. The number of sulfonamides is 1. The number of nitrogens with one attached hydrogen (secondary N) is 1. The summed E-state index contributed by atoms with van der Waals surface area (Å²) in [5.74, 6) is -0.110. The minimum atomic E-state index is -4.27. The normalized spacial score (nSPS) is 14.4. The number of nitrogens with zero attached hydrogens (tertiary/aromatic N) is 2. The van der Waals surface area contributed by atoms with E-state index in [1.54, 1.807) is 19.1 Å². The van der Waals surface area contributed by atoms with Crippen molar-refractivity contribution in [1.29, 1.82) is 0 Å². The fraction of sp³-hybridized carbons (Fsp3) is 0.429. The second-order valence-corrected chi connectivity index (χ2v) is 13.8. The zero-order valence-electron chi connectivity index (χ0n) is 27.1. The van der Waals surface area contributed by atoms with Crippen molar-refractivity contribution in [3.8, 4) is 11.5 Å². The molecule has 1 atom stereocenters. The molecular weight excluding hydrogens is 590 g/mol. The molecule has 1 aliphatic rings. The molecule has 4 rings (SSSR count). The fourth-order valence-corrected chi connectivity index (χ4v) is 7.30. The van der Waals surface area contributed by atoms with Gasteiger partial charge < -0.3 is 19.7 Å². The number of anilines is 1. The summed E-state index contributed by atoms with van der Waals surface area (Å²) in [5.41, 5.74) is 3.92. The summed E-state index contributed by atoms with van der Waals surface area (Å²) in [7, 11) is -1.37. The van der Waals surface area contributed by atoms with Crippen LogP contribution in [0.25, 0.3) is 0 Å². The predicted octanol–water partition coefficient (Wildman–Crippen LogP) is 5.69. The number of hydrogen-bond acceptors (Lipinski definition) is 6. The first-order valence-corrected chi connectivity index (χ1v) is 16.9. The van der Waals surface area contributed by atoms with Crippen molar-refractivity contribution in [2.24, 2.45) is 0 Å². The fourth-order valence-electron chi connectivity index (χ4n) is 5.89. The van der Waals surface area contributed by atoms with E-state index in [1.807, 2.05) is 51.1 Å². The number of benzene rings is 3. The molecule has 3 aromatic rings. The van der Waals surface area contributed by atoms with Gasteiger partial charge in [0.2, 0.25) is 11.8 Å². The van der Waals surface area contributed by atoms with E-state index in [1.165, 1.54) is 37.3 Å². The Labute approximate surface area is 267 Å². The summed E-state index contributed by atoms with van der Waals surface area (Å²) < 4.78 is 40.5. The third-order valence-electron chi connectivity index (χ3n) is 8.27. The van der Waals surface area contributed by atoms with Crippen molar-refractivity contribution in [3.63, 3.8) is 0 Å². The molecule has 10 heteroatoms. The summed E-state index contributed by atoms with van der Waals surface area (Å²) in [4.78, 5) is 29.3. The van der Waals surface area contributed by atoms with Gasteiger partial charge in [-0.15, -0.1) is 0 Å². The van der Waals surface area contributed by atoms with Crippen LogP contribution >= 0.6 is 0 Å². The zero-order chi connectivity index (χ0) is 32.7. The van der Waals surface area contributed by atoms with Gasteiger partial charge in [-0.3, -0.25) is 13.9 Å². The standard InChI is InChI=1S/C35H45N3O6S/c1-24-11-10-12-28(18-24)22-37(27(4)35(40)36-29-13-8-7-9-14-29)34(39)23-38(30-19-25(2)17-26(3)20-30)45(41,42)31-15-16-32(43-5)33(21-31)44-6/h10-12,15-21,27,29H,7-9,13-14,22-23H2,1-6H3,(H,36,40)/t27-/m1/s1. The SMILES string of the molecule is COc1ccc(S(=O)(=O)N(CC(=O)N(Cc2cccc(C)c2)[C@H](C)C(=O)NC2CCCCC2)c2cc(C)cc(C)c2)cc1OC. The van der Waals surface area contributed by atoms with Crippen molar-refractivity contribution in [2.45, 2.75) is 83.3 Å². The van der Waals surface area contributed by atoms with Crippen LogP contribution in [0.5, 0.6) is 11.5 Å². The number of ether oxygens (including phenoxy) is 2. The summed E-state index contributed by atoms with van der Waals surface area (Å²) >= 11 is 0. The Balaban J connectivity index is 1.74. The number of methoxy groups -OCH3 is 2. The smallest absolute Gasteiger partial charge is 0.264 e. The number of hydrogen-bond donors (Lipinski definition) is 1. The van der Waals surface area contributed by atoms with Crippen LogP contribution in [0, 0.1) is 20.8 Å². The van der Waals surface area contributed by atoms with E-state index in [9.17, 15) is 18.0 Å². The van der Waals surface area contributed by atoms with E-state index in [2.05, 4.69) is 5.32 Å². The molecule has 0 radical (unpaired) electrons. The summed E-state index contributed by atoms with van der Waals surface area (Å²) in [6, 6.07) is 16.7. The maximum Gasteiger partial charge on any atom is 0.264 e. The predicted molar refractivity (Wildman–Crippen MR) is 176 cm³/mol. The second-order valence-electron chi connectivity index (χ2n) is 11.9. The Morgan fingerprint density at radius 2 is 1.53 bits per heavy atom. The van der Waals surface area contributed by atoms with Gasteiger partial charge in [0.1, 0.15) is 12.6 Å².